The molecule has 0 heterocycles. The molecule has 0 aliphatic heterocycles. The molecule has 8 nitrogen and oxygen atoms in total. The average molecular weight is 729 g/mol. The van der Waals surface area contributed by atoms with Gasteiger partial charge in [-0.2, -0.15) is 0 Å². The van der Waals surface area contributed by atoms with Gasteiger partial charge < -0.3 is 19.3 Å². The maximum absolute atomic E-state index is 12.4. The number of carbonyl (C=O) groups excluding carboxylic acids is 2. The number of hydrogen-bond donors (Lipinski definition) is 2. The van der Waals surface area contributed by atoms with Crippen LogP contribution in [0, 0.1) is 0 Å². The Balaban J connectivity index is 3.94. The molecule has 0 radical (unpaired) electrons. The minimum absolute atomic E-state index is 0.210. The molecule has 9 heteroatoms. The van der Waals surface area contributed by atoms with Gasteiger partial charge in [0.2, 0.25) is 0 Å². The van der Waals surface area contributed by atoms with Gasteiger partial charge in [0.25, 0.3) is 0 Å². The van der Waals surface area contributed by atoms with Crippen molar-refractivity contribution in [3.63, 3.8) is 0 Å². The summed E-state index contributed by atoms with van der Waals surface area (Å²) in [6, 6.07) is 0. The van der Waals surface area contributed by atoms with E-state index < -0.39 is 32.5 Å². The fourth-order valence-electron chi connectivity index (χ4n) is 5.87. The van der Waals surface area contributed by atoms with Crippen LogP contribution >= 0.6 is 7.82 Å². The monoisotopic (exact) mass is 729 g/mol. The molecule has 0 saturated heterocycles. The van der Waals surface area contributed by atoms with Crippen LogP contribution in [0.15, 0.2) is 24.3 Å². The Bertz CT molecular complexity index is 869. The van der Waals surface area contributed by atoms with Crippen molar-refractivity contribution in [1.82, 2.24) is 0 Å². The zero-order valence-corrected chi connectivity index (χ0v) is 33.2. The number of carbonyl (C=O) groups is 2. The van der Waals surface area contributed by atoms with Gasteiger partial charge in [-0.15, -0.1) is 0 Å². The van der Waals surface area contributed by atoms with Gasteiger partial charge in [0.1, 0.15) is 6.61 Å². The predicted molar refractivity (Wildman–Crippen MR) is 207 cm³/mol. The van der Waals surface area contributed by atoms with Gasteiger partial charge in [0.15, 0.2) is 6.10 Å². The highest BCUT2D eigenvalue weighted by atomic mass is 31.2. The molecule has 294 valence electrons. The minimum Gasteiger partial charge on any atom is -0.462 e. The van der Waals surface area contributed by atoms with Crippen LogP contribution < -0.4 is 0 Å². The third-order valence-corrected chi connectivity index (χ3v) is 9.46. The molecule has 0 rings (SSSR count). The highest BCUT2D eigenvalue weighted by Gasteiger charge is 2.22. The first kappa shape index (κ1) is 48.5. The molecule has 0 aromatic rings. The lowest BCUT2D eigenvalue weighted by Crippen LogP contribution is -2.29. The maximum Gasteiger partial charge on any atom is 0.469 e. The second-order valence-corrected chi connectivity index (χ2v) is 15.2. The molecule has 0 spiro atoms. The molecule has 0 aliphatic carbocycles. The molecular formula is C41H77O8P. The summed E-state index contributed by atoms with van der Waals surface area (Å²) in [5.41, 5.74) is 0. The molecule has 0 unspecified atom stereocenters. The van der Waals surface area contributed by atoms with Gasteiger partial charge in [-0.25, -0.2) is 4.57 Å². The fourth-order valence-corrected chi connectivity index (χ4v) is 6.23. The van der Waals surface area contributed by atoms with Gasteiger partial charge in [0.05, 0.1) is 6.61 Å². The molecule has 0 fully saturated rings. The van der Waals surface area contributed by atoms with E-state index in [0.717, 1.165) is 44.9 Å². The lowest BCUT2D eigenvalue weighted by atomic mass is 10.0. The highest BCUT2D eigenvalue weighted by molar-refractivity contribution is 7.46. The van der Waals surface area contributed by atoms with E-state index in [-0.39, 0.29) is 19.4 Å². The third-order valence-electron chi connectivity index (χ3n) is 8.97. The van der Waals surface area contributed by atoms with E-state index in [1.54, 1.807) is 0 Å². The quantitative estimate of drug-likeness (QED) is 0.0279. The largest absolute Gasteiger partial charge is 0.469 e. The molecule has 50 heavy (non-hydrogen) atoms. The smallest absolute Gasteiger partial charge is 0.462 e. The van der Waals surface area contributed by atoms with Crippen LogP contribution in [-0.4, -0.2) is 41.0 Å². The molecule has 0 amide bonds. The number of hydrogen-bond acceptors (Lipinski definition) is 6. The molecule has 0 aromatic heterocycles. The summed E-state index contributed by atoms with van der Waals surface area (Å²) in [5.74, 6) is -0.914. The SMILES string of the molecule is CCCCCCCC/C=C/C/C=C/CCCCC(=O)OC[C@H](COP(=O)(O)O)OC(=O)CCCCCCCCCCCCCCCCCCC. The Morgan fingerprint density at radius 2 is 0.900 bits per heavy atom. The van der Waals surface area contributed by atoms with Crippen LogP contribution in [0.3, 0.4) is 0 Å². The second-order valence-electron chi connectivity index (χ2n) is 14.0. The number of esters is 2. The number of phosphoric acid groups is 1. The Morgan fingerprint density at radius 1 is 0.520 bits per heavy atom. The van der Waals surface area contributed by atoms with E-state index in [4.69, 9.17) is 19.3 Å². The zero-order valence-electron chi connectivity index (χ0n) is 32.3. The van der Waals surface area contributed by atoms with Crippen molar-refractivity contribution in [2.24, 2.45) is 0 Å². The van der Waals surface area contributed by atoms with Gasteiger partial charge >= 0.3 is 19.8 Å². The summed E-state index contributed by atoms with van der Waals surface area (Å²) in [7, 11) is -4.75. The van der Waals surface area contributed by atoms with Crippen molar-refractivity contribution >= 4 is 19.8 Å². The molecule has 0 aliphatic rings. The van der Waals surface area contributed by atoms with E-state index >= 15 is 0 Å². The van der Waals surface area contributed by atoms with Crippen LogP contribution in [-0.2, 0) is 28.2 Å². The summed E-state index contributed by atoms with van der Waals surface area (Å²) in [6.07, 6.45) is 41.9. The van der Waals surface area contributed by atoms with Gasteiger partial charge in [0, 0.05) is 12.8 Å². The molecule has 0 saturated carbocycles. The van der Waals surface area contributed by atoms with E-state index in [1.807, 2.05) is 0 Å². The van der Waals surface area contributed by atoms with Crippen LogP contribution in [0.4, 0.5) is 0 Å². The van der Waals surface area contributed by atoms with Crippen LogP contribution in [0.1, 0.15) is 206 Å². The van der Waals surface area contributed by atoms with Crippen molar-refractivity contribution in [2.75, 3.05) is 13.2 Å². The first-order chi connectivity index (χ1) is 24.3. The van der Waals surface area contributed by atoms with Crippen LogP contribution in [0.25, 0.3) is 0 Å². The van der Waals surface area contributed by atoms with Crippen molar-refractivity contribution in [1.29, 1.82) is 0 Å². The van der Waals surface area contributed by atoms with Crippen molar-refractivity contribution in [2.45, 2.75) is 213 Å². The van der Waals surface area contributed by atoms with Crippen LogP contribution in [0.2, 0.25) is 0 Å². The molecular weight excluding hydrogens is 651 g/mol. The van der Waals surface area contributed by atoms with E-state index in [2.05, 4.69) is 42.7 Å². The highest BCUT2D eigenvalue weighted by Crippen LogP contribution is 2.36. The predicted octanol–water partition coefficient (Wildman–Crippen LogP) is 12.4. The lowest BCUT2D eigenvalue weighted by molar-refractivity contribution is -0.161. The van der Waals surface area contributed by atoms with E-state index in [0.29, 0.717) is 12.8 Å². The summed E-state index contributed by atoms with van der Waals surface area (Å²) in [6.45, 7) is 3.66. The van der Waals surface area contributed by atoms with Gasteiger partial charge in [-0.1, -0.05) is 173 Å². The summed E-state index contributed by atoms with van der Waals surface area (Å²) in [5, 5.41) is 0. The lowest BCUT2D eigenvalue weighted by Gasteiger charge is -2.18. The number of allylic oxidation sites excluding steroid dienone is 4. The first-order valence-corrected chi connectivity index (χ1v) is 22.2. The number of phosphoric ester groups is 1. The third kappa shape index (κ3) is 39.3. The molecule has 0 bridgehead atoms. The topological polar surface area (TPSA) is 119 Å². The van der Waals surface area contributed by atoms with Crippen molar-refractivity contribution < 1.29 is 37.9 Å². The standard InChI is InChI=1S/C41H77O8P/c1-3-5-7-9-11-13-15-17-19-20-22-24-26-28-30-32-34-36-41(43)49-39(38-48-50(44,45)46)37-47-40(42)35-33-31-29-27-25-23-21-18-16-14-12-10-8-6-4-2/h18,21,25,27,39H,3-17,19-20,22-24,26,28-38H2,1-2H3,(H2,44,45,46)/b21-18+,27-25+/t39-/m1/s1. The fraction of sp³-hybridized carbons (Fsp3) is 0.854. The Labute approximate surface area is 307 Å². The van der Waals surface area contributed by atoms with E-state index in [9.17, 15) is 14.2 Å². The number of unbranched alkanes of at least 4 members (excludes halogenated alkanes) is 24. The summed E-state index contributed by atoms with van der Waals surface area (Å²) < 4.78 is 26.3. The zero-order chi connectivity index (χ0) is 36.8. The van der Waals surface area contributed by atoms with Crippen LogP contribution in [0.5, 0.6) is 0 Å². The molecule has 2 N–H and O–H groups in total. The van der Waals surface area contributed by atoms with Gasteiger partial charge in [-0.3, -0.25) is 14.1 Å². The normalized spacial score (nSPS) is 12.6. The number of ether oxygens (including phenoxy) is 2. The molecule has 0 aromatic carbocycles. The Kier molecular flexibility index (Phi) is 36.2. The second kappa shape index (κ2) is 37.3. The summed E-state index contributed by atoms with van der Waals surface area (Å²) >= 11 is 0. The minimum atomic E-state index is -4.75. The molecule has 1 atom stereocenters. The maximum atomic E-state index is 12.4. The van der Waals surface area contributed by atoms with Crippen molar-refractivity contribution in [3.05, 3.63) is 24.3 Å². The van der Waals surface area contributed by atoms with Crippen molar-refractivity contribution in [3.8, 4) is 0 Å². The van der Waals surface area contributed by atoms with Gasteiger partial charge in [-0.05, 0) is 44.9 Å². The first-order valence-electron chi connectivity index (χ1n) is 20.6. The average Bonchev–Trinajstić information content (AvgIpc) is 3.08. The Morgan fingerprint density at radius 3 is 1.36 bits per heavy atom. The Hall–Kier alpha value is -1.47. The number of rotatable bonds is 38. The van der Waals surface area contributed by atoms with E-state index in [1.165, 1.54) is 122 Å². The summed E-state index contributed by atoms with van der Waals surface area (Å²) in [4.78, 5) is 42.8.